The van der Waals surface area contributed by atoms with E-state index in [0.717, 1.165) is 54.7 Å². The van der Waals surface area contributed by atoms with Gasteiger partial charge in [-0.2, -0.15) is 0 Å². The molecule has 4 rings (SSSR count). The van der Waals surface area contributed by atoms with Crippen LogP contribution in [-0.4, -0.2) is 23.0 Å². The monoisotopic (exact) mass is 431 g/mol. The molecular weight excluding hydrogens is 402 g/mol. The Labute approximate surface area is 188 Å². The number of hydrogen-bond donors (Lipinski definition) is 2. The Morgan fingerprint density at radius 2 is 1.84 bits per heavy atom. The summed E-state index contributed by atoms with van der Waals surface area (Å²) >= 11 is 0. The zero-order valence-electron chi connectivity index (χ0n) is 18.6. The highest BCUT2D eigenvalue weighted by atomic mass is 16.5. The third-order valence-electron chi connectivity index (χ3n) is 6.34. The van der Waals surface area contributed by atoms with Crippen LogP contribution in [0, 0.1) is 0 Å². The molecule has 0 aliphatic heterocycles. The molecule has 6 nitrogen and oxygen atoms in total. The first-order chi connectivity index (χ1) is 15.5. The van der Waals surface area contributed by atoms with Gasteiger partial charge in [-0.3, -0.25) is 9.59 Å². The Bertz CT molecular complexity index is 1150. The van der Waals surface area contributed by atoms with Crippen LogP contribution in [0.4, 0.5) is 5.69 Å². The summed E-state index contributed by atoms with van der Waals surface area (Å²) in [5.41, 5.74) is 2.47. The highest BCUT2D eigenvalue weighted by molar-refractivity contribution is 5.99. The van der Waals surface area contributed by atoms with Crippen LogP contribution >= 0.6 is 0 Å². The van der Waals surface area contributed by atoms with Crippen LogP contribution in [0.1, 0.15) is 50.3 Å². The van der Waals surface area contributed by atoms with Gasteiger partial charge in [0.2, 0.25) is 5.91 Å². The molecule has 1 aliphatic carbocycles. The number of anilines is 1. The van der Waals surface area contributed by atoms with E-state index < -0.39 is 5.41 Å². The number of methoxy groups -OCH3 is 1. The van der Waals surface area contributed by atoms with Crippen LogP contribution in [0.5, 0.6) is 5.75 Å². The van der Waals surface area contributed by atoms with E-state index in [9.17, 15) is 9.59 Å². The lowest BCUT2D eigenvalue weighted by Crippen LogP contribution is -2.42. The van der Waals surface area contributed by atoms with Crippen LogP contribution < -0.4 is 15.6 Å². The molecule has 0 saturated heterocycles. The van der Waals surface area contributed by atoms with Crippen molar-refractivity contribution in [2.45, 2.75) is 50.9 Å². The van der Waals surface area contributed by atoms with Gasteiger partial charge in [-0.1, -0.05) is 50.5 Å². The van der Waals surface area contributed by atoms with E-state index in [2.05, 4.69) is 15.3 Å². The van der Waals surface area contributed by atoms with Crippen LogP contribution in [0.25, 0.3) is 11.4 Å². The summed E-state index contributed by atoms with van der Waals surface area (Å²) in [7, 11) is 1.64. The van der Waals surface area contributed by atoms with Crippen molar-refractivity contribution < 1.29 is 9.53 Å². The van der Waals surface area contributed by atoms with E-state index in [4.69, 9.17) is 4.74 Å². The minimum Gasteiger partial charge on any atom is -0.497 e. The second-order valence-electron chi connectivity index (χ2n) is 8.35. The number of aromatic amines is 1. The summed E-state index contributed by atoms with van der Waals surface area (Å²) in [6.07, 6.45) is 5.50. The highest BCUT2D eigenvalue weighted by Gasteiger charge is 2.41. The SMILES string of the molecule is CCc1cc(=O)[nH]c(-c2cccc(NC(=O)C3(c4ccc(OC)cc4)CCCCC3)c2)n1. The molecule has 0 spiro atoms. The fraction of sp³-hybridized carbons (Fsp3) is 0.346. The molecule has 1 fully saturated rings. The van der Waals surface area contributed by atoms with Crippen LogP contribution in [-0.2, 0) is 16.6 Å². The first kappa shape index (κ1) is 21.8. The number of H-pyrrole nitrogens is 1. The molecule has 1 amide bonds. The smallest absolute Gasteiger partial charge is 0.251 e. The maximum atomic E-state index is 13.6. The average molecular weight is 432 g/mol. The van der Waals surface area contributed by atoms with Crippen molar-refractivity contribution >= 4 is 11.6 Å². The van der Waals surface area contributed by atoms with Gasteiger partial charge < -0.3 is 15.0 Å². The van der Waals surface area contributed by atoms with Gasteiger partial charge in [0.15, 0.2) is 0 Å². The largest absolute Gasteiger partial charge is 0.497 e. The van der Waals surface area contributed by atoms with Crippen molar-refractivity contribution in [1.82, 2.24) is 9.97 Å². The van der Waals surface area contributed by atoms with Crippen LogP contribution in [0.2, 0.25) is 0 Å². The van der Waals surface area contributed by atoms with E-state index >= 15 is 0 Å². The number of nitrogens with one attached hydrogen (secondary N) is 2. The third-order valence-corrected chi connectivity index (χ3v) is 6.34. The third kappa shape index (κ3) is 4.44. The Balaban J connectivity index is 1.63. The van der Waals surface area contributed by atoms with Crippen molar-refractivity contribution in [1.29, 1.82) is 0 Å². The number of rotatable bonds is 6. The maximum Gasteiger partial charge on any atom is 0.251 e. The lowest BCUT2D eigenvalue weighted by Gasteiger charge is -2.36. The molecule has 1 aromatic heterocycles. The van der Waals surface area contributed by atoms with Crippen molar-refractivity contribution in [3.05, 3.63) is 76.2 Å². The summed E-state index contributed by atoms with van der Waals surface area (Å²) in [6.45, 7) is 1.96. The number of amides is 1. The maximum absolute atomic E-state index is 13.6. The Morgan fingerprint density at radius 3 is 2.53 bits per heavy atom. The first-order valence-electron chi connectivity index (χ1n) is 11.2. The molecule has 6 heteroatoms. The topological polar surface area (TPSA) is 84.1 Å². The molecule has 0 unspecified atom stereocenters. The highest BCUT2D eigenvalue weighted by Crippen LogP contribution is 2.41. The molecule has 0 radical (unpaired) electrons. The molecule has 0 bridgehead atoms. The summed E-state index contributed by atoms with van der Waals surface area (Å²) in [4.78, 5) is 32.9. The molecule has 1 heterocycles. The van der Waals surface area contributed by atoms with Gasteiger partial charge >= 0.3 is 0 Å². The van der Waals surface area contributed by atoms with Crippen molar-refractivity contribution in [3.63, 3.8) is 0 Å². The molecule has 32 heavy (non-hydrogen) atoms. The zero-order chi connectivity index (χ0) is 22.6. The summed E-state index contributed by atoms with van der Waals surface area (Å²) < 4.78 is 5.29. The van der Waals surface area contributed by atoms with Gasteiger partial charge in [-0.25, -0.2) is 4.98 Å². The summed E-state index contributed by atoms with van der Waals surface area (Å²) in [5, 5.41) is 3.14. The standard InChI is InChI=1S/C26H29N3O3/c1-3-20-17-23(30)29-24(27-20)18-8-7-9-21(16-18)28-25(31)26(14-5-4-6-15-26)19-10-12-22(32-2)13-11-19/h7-13,16-17H,3-6,14-15H2,1-2H3,(H,28,31)(H,27,29,30). The molecule has 166 valence electrons. The van der Waals surface area contributed by atoms with Gasteiger partial charge in [0.25, 0.3) is 5.56 Å². The Hall–Kier alpha value is -3.41. The van der Waals surface area contributed by atoms with E-state index in [1.165, 1.54) is 6.07 Å². The van der Waals surface area contributed by atoms with Gasteiger partial charge in [0.05, 0.1) is 12.5 Å². The molecule has 2 aromatic carbocycles. The number of ether oxygens (including phenoxy) is 1. The molecule has 3 aromatic rings. The normalized spacial score (nSPS) is 15.2. The molecule has 2 N–H and O–H groups in total. The summed E-state index contributed by atoms with van der Waals surface area (Å²) in [6, 6.07) is 16.8. The number of carbonyl (C=O) groups is 1. The number of nitrogens with zero attached hydrogens (tertiary/aromatic N) is 1. The van der Waals surface area contributed by atoms with E-state index in [1.54, 1.807) is 7.11 Å². The molecule has 0 atom stereocenters. The minimum atomic E-state index is -0.560. The minimum absolute atomic E-state index is 0.00304. The molecule has 1 saturated carbocycles. The van der Waals surface area contributed by atoms with E-state index in [0.29, 0.717) is 17.9 Å². The van der Waals surface area contributed by atoms with E-state index in [1.807, 2.05) is 55.5 Å². The average Bonchev–Trinajstić information content (AvgIpc) is 2.84. The fourth-order valence-corrected chi connectivity index (χ4v) is 4.53. The number of benzene rings is 2. The van der Waals surface area contributed by atoms with Gasteiger partial charge in [-0.15, -0.1) is 0 Å². The van der Waals surface area contributed by atoms with Crippen molar-refractivity contribution in [3.8, 4) is 17.1 Å². The predicted molar refractivity (Wildman–Crippen MR) is 126 cm³/mol. The van der Waals surface area contributed by atoms with E-state index in [-0.39, 0.29) is 11.5 Å². The predicted octanol–water partition coefficient (Wildman–Crippen LogP) is 4.85. The number of aryl methyl sites for hydroxylation is 1. The Morgan fingerprint density at radius 1 is 1.09 bits per heavy atom. The second-order valence-corrected chi connectivity index (χ2v) is 8.35. The second kappa shape index (κ2) is 9.39. The number of carbonyl (C=O) groups excluding carboxylic acids is 1. The van der Waals surface area contributed by atoms with Crippen molar-refractivity contribution in [2.75, 3.05) is 12.4 Å². The quantitative estimate of drug-likeness (QED) is 0.584. The Kier molecular flexibility index (Phi) is 6.40. The van der Waals surface area contributed by atoms with Crippen LogP contribution in [0.15, 0.2) is 59.4 Å². The van der Waals surface area contributed by atoms with Crippen LogP contribution in [0.3, 0.4) is 0 Å². The lowest BCUT2D eigenvalue weighted by molar-refractivity contribution is -0.122. The van der Waals surface area contributed by atoms with Gasteiger partial charge in [0.1, 0.15) is 11.6 Å². The van der Waals surface area contributed by atoms with Crippen molar-refractivity contribution in [2.24, 2.45) is 0 Å². The first-order valence-corrected chi connectivity index (χ1v) is 11.2. The van der Waals surface area contributed by atoms with Gasteiger partial charge in [-0.05, 0) is 49.1 Å². The fourth-order valence-electron chi connectivity index (χ4n) is 4.53. The molecular formula is C26H29N3O3. The van der Waals surface area contributed by atoms with Gasteiger partial charge in [0, 0.05) is 23.0 Å². The lowest BCUT2D eigenvalue weighted by atomic mass is 9.68. The summed E-state index contributed by atoms with van der Waals surface area (Å²) in [5.74, 6) is 1.29. The zero-order valence-corrected chi connectivity index (χ0v) is 18.6. The number of hydrogen-bond acceptors (Lipinski definition) is 4. The molecule has 1 aliphatic rings. The number of aromatic nitrogens is 2.